The van der Waals surface area contributed by atoms with Gasteiger partial charge < -0.3 is 10.1 Å². The van der Waals surface area contributed by atoms with Crippen molar-refractivity contribution in [3.63, 3.8) is 0 Å². The highest BCUT2D eigenvalue weighted by molar-refractivity contribution is 5.48. The molecule has 1 heterocycles. The average molecular weight is 290 g/mol. The minimum Gasteiger partial charge on any atom is -0.434 e. The van der Waals surface area contributed by atoms with Crippen LogP contribution in [0.3, 0.4) is 0 Å². The van der Waals surface area contributed by atoms with Gasteiger partial charge in [0.15, 0.2) is 0 Å². The molecule has 7 heteroatoms. The van der Waals surface area contributed by atoms with Crippen LogP contribution in [0.2, 0.25) is 0 Å². The molecule has 0 atom stereocenters. The van der Waals surface area contributed by atoms with E-state index in [-0.39, 0.29) is 11.6 Å². The lowest BCUT2D eigenvalue weighted by atomic mass is 10.2. The summed E-state index contributed by atoms with van der Waals surface area (Å²) in [6, 6.07) is 7.40. The van der Waals surface area contributed by atoms with Gasteiger partial charge in [-0.2, -0.15) is 5.10 Å². The number of hydrogen-bond acceptors (Lipinski definition) is 5. The fourth-order valence-corrected chi connectivity index (χ4v) is 2.08. The standard InChI is InChI=1S/C14H18N4O3/c1-4-12-13(18(19)20)14(17(3)16-12)21-11-7-5-10(6-8-11)9-15-2/h5-8,15H,4,9H2,1-3H3. The summed E-state index contributed by atoms with van der Waals surface area (Å²) in [4.78, 5) is 10.8. The van der Waals surface area contributed by atoms with Crippen molar-refractivity contribution in [2.24, 2.45) is 7.05 Å². The Morgan fingerprint density at radius 2 is 2.05 bits per heavy atom. The van der Waals surface area contributed by atoms with Gasteiger partial charge in [-0.1, -0.05) is 19.1 Å². The van der Waals surface area contributed by atoms with E-state index in [0.29, 0.717) is 17.9 Å². The second-order valence-electron chi connectivity index (χ2n) is 4.61. The van der Waals surface area contributed by atoms with Gasteiger partial charge in [-0.15, -0.1) is 0 Å². The van der Waals surface area contributed by atoms with Crippen molar-refractivity contribution < 1.29 is 9.66 Å². The molecule has 1 aromatic carbocycles. The number of benzene rings is 1. The van der Waals surface area contributed by atoms with E-state index >= 15 is 0 Å². The maximum absolute atomic E-state index is 11.2. The molecular weight excluding hydrogens is 272 g/mol. The molecule has 0 spiro atoms. The number of nitrogens with zero attached hydrogens (tertiary/aromatic N) is 3. The zero-order valence-electron chi connectivity index (χ0n) is 12.3. The van der Waals surface area contributed by atoms with Crippen molar-refractivity contribution in [3.05, 3.63) is 45.6 Å². The number of aryl methyl sites for hydroxylation is 2. The second kappa shape index (κ2) is 6.36. The predicted octanol–water partition coefficient (Wildman–Crippen LogP) is 2.40. The van der Waals surface area contributed by atoms with Gasteiger partial charge in [0.2, 0.25) is 0 Å². The summed E-state index contributed by atoms with van der Waals surface area (Å²) in [5, 5.41) is 18.4. The van der Waals surface area contributed by atoms with E-state index in [9.17, 15) is 10.1 Å². The average Bonchev–Trinajstić information content (AvgIpc) is 2.78. The first-order valence-electron chi connectivity index (χ1n) is 6.68. The fraction of sp³-hybridized carbons (Fsp3) is 0.357. The summed E-state index contributed by atoms with van der Waals surface area (Å²) in [7, 11) is 3.51. The number of rotatable bonds is 6. The smallest absolute Gasteiger partial charge is 0.353 e. The van der Waals surface area contributed by atoms with Gasteiger partial charge in [0.05, 0.1) is 4.92 Å². The maximum Gasteiger partial charge on any atom is 0.353 e. The van der Waals surface area contributed by atoms with Crippen LogP contribution in [0.25, 0.3) is 0 Å². The zero-order chi connectivity index (χ0) is 15.4. The van der Waals surface area contributed by atoms with Gasteiger partial charge in [0, 0.05) is 13.6 Å². The minimum atomic E-state index is -0.448. The minimum absolute atomic E-state index is 0.0701. The van der Waals surface area contributed by atoms with Crippen molar-refractivity contribution in [2.45, 2.75) is 19.9 Å². The lowest BCUT2D eigenvalue weighted by Gasteiger charge is -2.06. The molecular formula is C14H18N4O3. The number of ether oxygens (including phenoxy) is 1. The number of aromatic nitrogens is 2. The Hall–Kier alpha value is -2.41. The SMILES string of the molecule is CCc1nn(C)c(Oc2ccc(CNC)cc2)c1[N+](=O)[O-]. The van der Waals surface area contributed by atoms with E-state index in [0.717, 1.165) is 12.1 Å². The number of nitrogens with one attached hydrogen (secondary N) is 1. The summed E-state index contributed by atoms with van der Waals surface area (Å²) in [5.41, 5.74) is 1.46. The molecule has 21 heavy (non-hydrogen) atoms. The third kappa shape index (κ3) is 3.19. The van der Waals surface area contributed by atoms with Crippen LogP contribution in [-0.4, -0.2) is 21.8 Å². The molecule has 7 nitrogen and oxygen atoms in total. The van der Waals surface area contributed by atoms with Crippen LogP contribution in [0, 0.1) is 10.1 Å². The summed E-state index contributed by atoms with van der Waals surface area (Å²) in [6.07, 6.45) is 0.481. The van der Waals surface area contributed by atoms with Gasteiger partial charge in [-0.25, -0.2) is 4.68 Å². The fourth-order valence-electron chi connectivity index (χ4n) is 2.08. The van der Waals surface area contributed by atoms with E-state index in [1.807, 2.05) is 26.1 Å². The Balaban J connectivity index is 2.30. The van der Waals surface area contributed by atoms with Gasteiger partial charge in [-0.05, 0) is 31.2 Å². The van der Waals surface area contributed by atoms with Crippen molar-refractivity contribution in [2.75, 3.05) is 7.05 Å². The van der Waals surface area contributed by atoms with Crippen LogP contribution < -0.4 is 10.1 Å². The summed E-state index contributed by atoms with van der Waals surface area (Å²) in [6.45, 7) is 2.58. The van der Waals surface area contributed by atoms with E-state index < -0.39 is 4.92 Å². The van der Waals surface area contributed by atoms with E-state index in [2.05, 4.69) is 10.4 Å². The van der Waals surface area contributed by atoms with Crippen LogP contribution >= 0.6 is 0 Å². The lowest BCUT2D eigenvalue weighted by molar-refractivity contribution is -0.386. The van der Waals surface area contributed by atoms with Gasteiger partial charge in [-0.3, -0.25) is 10.1 Å². The van der Waals surface area contributed by atoms with Crippen molar-refractivity contribution in [1.82, 2.24) is 15.1 Å². The molecule has 0 unspecified atom stereocenters. The highest BCUT2D eigenvalue weighted by Crippen LogP contribution is 2.34. The van der Waals surface area contributed by atoms with Gasteiger partial charge in [0.1, 0.15) is 11.4 Å². The first-order chi connectivity index (χ1) is 10.1. The molecule has 0 fully saturated rings. The molecule has 0 radical (unpaired) electrons. The highest BCUT2D eigenvalue weighted by Gasteiger charge is 2.27. The van der Waals surface area contributed by atoms with Gasteiger partial charge >= 0.3 is 5.69 Å². The van der Waals surface area contributed by atoms with Crippen molar-refractivity contribution in [1.29, 1.82) is 0 Å². The van der Waals surface area contributed by atoms with Crippen molar-refractivity contribution >= 4 is 5.69 Å². The van der Waals surface area contributed by atoms with E-state index in [1.54, 1.807) is 19.2 Å². The van der Waals surface area contributed by atoms with Crippen molar-refractivity contribution in [3.8, 4) is 11.6 Å². The molecule has 2 aromatic rings. The van der Waals surface area contributed by atoms with Crippen LogP contribution in [0.15, 0.2) is 24.3 Å². The largest absolute Gasteiger partial charge is 0.434 e. The Morgan fingerprint density at radius 3 is 2.57 bits per heavy atom. The molecule has 1 aromatic heterocycles. The zero-order valence-corrected chi connectivity index (χ0v) is 12.3. The third-order valence-corrected chi connectivity index (χ3v) is 3.08. The highest BCUT2D eigenvalue weighted by atomic mass is 16.6. The quantitative estimate of drug-likeness (QED) is 0.652. The monoisotopic (exact) mass is 290 g/mol. The molecule has 0 aliphatic rings. The molecule has 1 N–H and O–H groups in total. The molecule has 0 saturated heterocycles. The van der Waals surface area contributed by atoms with Crippen LogP contribution in [0.4, 0.5) is 5.69 Å². The molecule has 0 aliphatic heterocycles. The summed E-state index contributed by atoms with van der Waals surface area (Å²) >= 11 is 0. The molecule has 0 saturated carbocycles. The van der Waals surface area contributed by atoms with E-state index in [1.165, 1.54) is 4.68 Å². The molecule has 112 valence electrons. The topological polar surface area (TPSA) is 82.2 Å². The van der Waals surface area contributed by atoms with Crippen LogP contribution in [0.1, 0.15) is 18.2 Å². The second-order valence-corrected chi connectivity index (χ2v) is 4.61. The third-order valence-electron chi connectivity index (χ3n) is 3.08. The molecule has 0 bridgehead atoms. The molecule has 0 aliphatic carbocycles. The maximum atomic E-state index is 11.2. The first kappa shape index (κ1) is 15.0. The predicted molar refractivity (Wildman–Crippen MR) is 78.5 cm³/mol. The Kier molecular flexibility index (Phi) is 4.54. The Morgan fingerprint density at radius 1 is 1.38 bits per heavy atom. The summed E-state index contributed by atoms with van der Waals surface area (Å²) < 4.78 is 7.06. The number of nitro groups is 1. The van der Waals surface area contributed by atoms with E-state index in [4.69, 9.17) is 4.74 Å². The molecule has 2 rings (SSSR count). The van der Waals surface area contributed by atoms with Crippen LogP contribution in [0.5, 0.6) is 11.6 Å². The molecule has 0 amide bonds. The van der Waals surface area contributed by atoms with Crippen LogP contribution in [-0.2, 0) is 20.0 Å². The van der Waals surface area contributed by atoms with Gasteiger partial charge in [0.25, 0.3) is 5.88 Å². The summed E-state index contributed by atoms with van der Waals surface area (Å²) in [5.74, 6) is 0.696. The Labute approximate surface area is 122 Å². The number of hydrogen-bond donors (Lipinski definition) is 1. The first-order valence-corrected chi connectivity index (χ1v) is 6.68. The normalized spacial score (nSPS) is 10.6. The Bertz CT molecular complexity index is 634. The lowest BCUT2D eigenvalue weighted by Crippen LogP contribution is -2.04.